The van der Waals surface area contributed by atoms with Gasteiger partial charge in [-0.3, -0.25) is 4.79 Å². The summed E-state index contributed by atoms with van der Waals surface area (Å²) < 4.78 is 6.90. The normalized spacial score (nSPS) is 13.9. The quantitative estimate of drug-likeness (QED) is 0.647. The number of hydrogen-bond acceptors (Lipinski definition) is 4. The summed E-state index contributed by atoms with van der Waals surface area (Å²) in [5.74, 6) is -0.0676. The highest BCUT2D eigenvalue weighted by Gasteiger charge is 2.30. The summed E-state index contributed by atoms with van der Waals surface area (Å²) in [5, 5.41) is 4.82. The third kappa shape index (κ3) is 4.17. The maximum Gasteiger partial charge on any atom is 0.409 e. The molecule has 1 aliphatic rings. The van der Waals surface area contributed by atoms with Crippen LogP contribution in [0.15, 0.2) is 60.7 Å². The van der Waals surface area contributed by atoms with Crippen molar-refractivity contribution < 1.29 is 14.3 Å². The molecule has 0 unspecified atom stereocenters. The minimum atomic E-state index is -0.326. The molecule has 1 fully saturated rings. The molecule has 2 aromatic carbocycles. The molecule has 3 aromatic rings. The second kappa shape index (κ2) is 9.04. The lowest BCUT2D eigenvalue weighted by Crippen LogP contribution is -2.50. The highest BCUT2D eigenvalue weighted by molar-refractivity contribution is 6.01. The number of nitrogens with zero attached hydrogens (tertiary/aromatic N) is 4. The van der Waals surface area contributed by atoms with Crippen LogP contribution in [0, 0.1) is 6.92 Å². The van der Waals surface area contributed by atoms with Crippen molar-refractivity contribution in [1.82, 2.24) is 19.6 Å². The molecular formula is C24H26N4O3. The lowest BCUT2D eigenvalue weighted by atomic mass is 10.0. The van der Waals surface area contributed by atoms with Gasteiger partial charge in [0.15, 0.2) is 0 Å². The number of para-hydroxylation sites is 1. The first-order valence-corrected chi connectivity index (χ1v) is 10.5. The maximum absolute atomic E-state index is 13.6. The molecule has 0 N–H and O–H groups in total. The van der Waals surface area contributed by atoms with Crippen LogP contribution in [0.1, 0.15) is 23.0 Å². The van der Waals surface area contributed by atoms with Gasteiger partial charge in [-0.25, -0.2) is 9.48 Å². The van der Waals surface area contributed by atoms with Crippen molar-refractivity contribution in [3.8, 4) is 16.9 Å². The van der Waals surface area contributed by atoms with Gasteiger partial charge < -0.3 is 14.5 Å². The summed E-state index contributed by atoms with van der Waals surface area (Å²) in [6, 6.07) is 19.6. The molecule has 0 spiro atoms. The number of rotatable bonds is 4. The first-order chi connectivity index (χ1) is 15.1. The topological polar surface area (TPSA) is 67.7 Å². The van der Waals surface area contributed by atoms with Crippen LogP contribution in [0.4, 0.5) is 4.79 Å². The van der Waals surface area contributed by atoms with Gasteiger partial charge in [0.1, 0.15) is 5.69 Å². The molecule has 1 aromatic heterocycles. The van der Waals surface area contributed by atoms with Crippen LogP contribution in [-0.2, 0) is 4.74 Å². The van der Waals surface area contributed by atoms with Crippen LogP contribution < -0.4 is 0 Å². The van der Waals surface area contributed by atoms with Gasteiger partial charge in [-0.1, -0.05) is 48.5 Å². The highest BCUT2D eigenvalue weighted by atomic mass is 16.6. The van der Waals surface area contributed by atoms with E-state index in [9.17, 15) is 9.59 Å². The molecule has 160 valence electrons. The fraction of sp³-hybridized carbons (Fsp3) is 0.292. The molecule has 31 heavy (non-hydrogen) atoms. The van der Waals surface area contributed by atoms with Crippen molar-refractivity contribution in [2.24, 2.45) is 0 Å². The van der Waals surface area contributed by atoms with Crippen LogP contribution in [-0.4, -0.2) is 64.4 Å². The molecule has 2 heterocycles. The van der Waals surface area contributed by atoms with E-state index in [2.05, 4.69) is 0 Å². The molecule has 0 radical (unpaired) electrons. The van der Waals surface area contributed by atoms with Crippen molar-refractivity contribution >= 4 is 12.0 Å². The zero-order valence-corrected chi connectivity index (χ0v) is 17.8. The van der Waals surface area contributed by atoms with Gasteiger partial charge in [-0.15, -0.1) is 0 Å². The average Bonchev–Trinajstić information content (AvgIpc) is 3.17. The molecule has 1 aliphatic heterocycles. The molecule has 0 atom stereocenters. The lowest BCUT2D eigenvalue weighted by Gasteiger charge is -2.34. The van der Waals surface area contributed by atoms with Crippen LogP contribution in [0.3, 0.4) is 0 Å². The summed E-state index contributed by atoms with van der Waals surface area (Å²) in [6.07, 6.45) is -0.326. The summed E-state index contributed by atoms with van der Waals surface area (Å²) in [5.41, 5.74) is 3.86. The largest absolute Gasteiger partial charge is 0.450 e. The Morgan fingerprint density at radius 2 is 1.48 bits per heavy atom. The molecule has 2 amide bonds. The number of ether oxygens (including phenoxy) is 1. The zero-order chi connectivity index (χ0) is 21.8. The first-order valence-electron chi connectivity index (χ1n) is 10.5. The van der Waals surface area contributed by atoms with Gasteiger partial charge in [0.2, 0.25) is 0 Å². The number of aromatic nitrogens is 2. The lowest BCUT2D eigenvalue weighted by molar-refractivity contribution is 0.0570. The molecular weight excluding hydrogens is 392 g/mol. The number of benzene rings is 2. The highest BCUT2D eigenvalue weighted by Crippen LogP contribution is 2.28. The second-order valence-corrected chi connectivity index (χ2v) is 7.40. The monoisotopic (exact) mass is 418 g/mol. The Kier molecular flexibility index (Phi) is 6.02. The SMILES string of the molecule is CCOC(=O)N1CCN(C(=O)c2c(-c3ccccc3)nn(-c3ccccc3)c2C)CC1. The molecule has 4 rings (SSSR count). The van der Waals surface area contributed by atoms with Gasteiger partial charge >= 0.3 is 6.09 Å². The van der Waals surface area contributed by atoms with Gasteiger partial charge in [0.25, 0.3) is 5.91 Å². The average molecular weight is 418 g/mol. The maximum atomic E-state index is 13.6. The van der Waals surface area contributed by atoms with Crippen molar-refractivity contribution in [3.05, 3.63) is 71.9 Å². The molecule has 0 saturated carbocycles. The van der Waals surface area contributed by atoms with Crippen LogP contribution in [0.5, 0.6) is 0 Å². The Bertz CT molecular complexity index is 1060. The van der Waals surface area contributed by atoms with E-state index in [-0.39, 0.29) is 12.0 Å². The van der Waals surface area contributed by atoms with Gasteiger partial charge in [0.05, 0.1) is 23.6 Å². The Balaban J connectivity index is 1.66. The van der Waals surface area contributed by atoms with E-state index < -0.39 is 0 Å². The molecule has 0 bridgehead atoms. The predicted octanol–water partition coefficient (Wildman–Crippen LogP) is 3.76. The van der Waals surface area contributed by atoms with Gasteiger partial charge in [-0.05, 0) is 26.0 Å². The van der Waals surface area contributed by atoms with Crippen molar-refractivity contribution in [3.63, 3.8) is 0 Å². The predicted molar refractivity (Wildman–Crippen MR) is 118 cm³/mol. The number of amides is 2. The van der Waals surface area contributed by atoms with E-state index in [1.54, 1.807) is 16.7 Å². The van der Waals surface area contributed by atoms with E-state index in [0.717, 1.165) is 16.9 Å². The Morgan fingerprint density at radius 3 is 2.10 bits per heavy atom. The minimum absolute atomic E-state index is 0.0676. The number of carbonyl (C=O) groups excluding carboxylic acids is 2. The molecule has 7 nitrogen and oxygen atoms in total. The molecule has 1 saturated heterocycles. The van der Waals surface area contributed by atoms with Crippen LogP contribution in [0.2, 0.25) is 0 Å². The smallest absolute Gasteiger partial charge is 0.409 e. The zero-order valence-electron chi connectivity index (χ0n) is 17.8. The first kappa shape index (κ1) is 20.7. The Labute approximate surface area is 181 Å². The fourth-order valence-electron chi connectivity index (χ4n) is 3.84. The summed E-state index contributed by atoms with van der Waals surface area (Å²) in [7, 11) is 0. The van der Waals surface area contributed by atoms with Gasteiger partial charge in [-0.2, -0.15) is 5.10 Å². The number of piperazine rings is 1. The summed E-state index contributed by atoms with van der Waals surface area (Å²) >= 11 is 0. The third-order valence-corrected chi connectivity index (χ3v) is 5.47. The van der Waals surface area contributed by atoms with Crippen LogP contribution >= 0.6 is 0 Å². The van der Waals surface area contributed by atoms with Crippen LogP contribution in [0.25, 0.3) is 16.9 Å². The summed E-state index contributed by atoms with van der Waals surface area (Å²) in [6.45, 7) is 5.89. The standard InChI is InChI=1S/C24H26N4O3/c1-3-31-24(30)27-16-14-26(15-17-27)23(29)21-18(2)28(20-12-8-5-9-13-20)25-22(21)19-10-6-4-7-11-19/h4-13H,3,14-17H2,1-2H3. The number of hydrogen-bond donors (Lipinski definition) is 0. The van der Waals surface area contributed by atoms with Crippen molar-refractivity contribution in [2.45, 2.75) is 13.8 Å². The number of carbonyl (C=O) groups is 2. The Morgan fingerprint density at radius 1 is 0.903 bits per heavy atom. The summed E-state index contributed by atoms with van der Waals surface area (Å²) in [4.78, 5) is 29.0. The fourth-order valence-corrected chi connectivity index (χ4v) is 3.84. The second-order valence-electron chi connectivity index (χ2n) is 7.40. The van der Waals surface area contributed by atoms with Gasteiger partial charge in [0, 0.05) is 31.7 Å². The van der Waals surface area contributed by atoms with E-state index in [0.29, 0.717) is 44.0 Å². The Hall–Kier alpha value is -3.61. The van der Waals surface area contributed by atoms with E-state index in [1.165, 1.54) is 0 Å². The molecule has 7 heteroatoms. The van der Waals surface area contributed by atoms with E-state index in [4.69, 9.17) is 9.84 Å². The van der Waals surface area contributed by atoms with E-state index >= 15 is 0 Å². The van der Waals surface area contributed by atoms with E-state index in [1.807, 2.05) is 72.3 Å². The van der Waals surface area contributed by atoms with Crippen molar-refractivity contribution in [2.75, 3.05) is 32.8 Å². The molecule has 0 aliphatic carbocycles. The third-order valence-electron chi connectivity index (χ3n) is 5.47. The van der Waals surface area contributed by atoms with Crippen molar-refractivity contribution in [1.29, 1.82) is 0 Å². The minimum Gasteiger partial charge on any atom is -0.450 e.